The third-order valence-corrected chi connectivity index (χ3v) is 6.57. The summed E-state index contributed by atoms with van der Waals surface area (Å²) < 4.78 is 5.78. The number of unbranched alkanes of at least 4 members (excludes halogenated alkanes) is 3. The highest BCUT2D eigenvalue weighted by atomic mass is 16.5. The van der Waals surface area contributed by atoms with Gasteiger partial charge in [-0.2, -0.15) is 0 Å². The Labute approximate surface area is 173 Å². The molecule has 2 aliphatic heterocycles. The van der Waals surface area contributed by atoms with Gasteiger partial charge in [-0.15, -0.1) is 0 Å². The second kappa shape index (κ2) is 9.12. The average molecular weight is 397 g/mol. The molecule has 156 valence electrons. The van der Waals surface area contributed by atoms with Crippen molar-refractivity contribution >= 4 is 17.5 Å². The lowest BCUT2D eigenvalue weighted by Crippen LogP contribution is -2.41. The molecule has 4 rings (SSSR count). The Hall–Kier alpha value is -2.14. The van der Waals surface area contributed by atoms with Crippen molar-refractivity contribution < 1.29 is 14.3 Å². The number of allylic oxidation sites excluding steroid dienone is 2. The first-order valence-corrected chi connectivity index (χ1v) is 11.2. The number of carbonyl (C=O) groups is 2. The normalized spacial score (nSPS) is 26.9. The van der Waals surface area contributed by atoms with Gasteiger partial charge in [-0.1, -0.05) is 38.3 Å². The molecule has 5 nitrogen and oxygen atoms in total. The van der Waals surface area contributed by atoms with Crippen LogP contribution in [-0.2, 0) is 9.59 Å². The molecule has 3 aliphatic rings. The van der Waals surface area contributed by atoms with Gasteiger partial charge in [0.1, 0.15) is 5.75 Å². The summed E-state index contributed by atoms with van der Waals surface area (Å²) in [5.41, 5.74) is 0.652. The fourth-order valence-corrected chi connectivity index (χ4v) is 4.89. The Kier molecular flexibility index (Phi) is 6.34. The van der Waals surface area contributed by atoms with Gasteiger partial charge in [0.05, 0.1) is 24.8 Å². The van der Waals surface area contributed by atoms with Crippen LogP contribution in [0.4, 0.5) is 5.69 Å². The van der Waals surface area contributed by atoms with E-state index in [1.54, 1.807) is 0 Å². The van der Waals surface area contributed by atoms with Crippen molar-refractivity contribution in [2.45, 2.75) is 57.9 Å². The highest BCUT2D eigenvalue weighted by Crippen LogP contribution is 2.36. The summed E-state index contributed by atoms with van der Waals surface area (Å²) in [5, 5.41) is 0. The molecule has 5 heteroatoms. The Morgan fingerprint density at radius 1 is 0.966 bits per heavy atom. The first-order chi connectivity index (χ1) is 14.2. The molecule has 0 radical (unpaired) electrons. The lowest BCUT2D eigenvalue weighted by atomic mass is 9.86. The lowest BCUT2D eigenvalue weighted by molar-refractivity contribution is -0.122. The van der Waals surface area contributed by atoms with Gasteiger partial charge in [0.25, 0.3) is 5.91 Å². The predicted molar refractivity (Wildman–Crippen MR) is 114 cm³/mol. The highest BCUT2D eigenvalue weighted by Gasteiger charge is 2.46. The topological polar surface area (TPSA) is 49.9 Å². The second-order valence-electron chi connectivity index (χ2n) is 8.61. The molecule has 0 aromatic heterocycles. The lowest BCUT2D eigenvalue weighted by Gasteiger charge is -2.22. The number of benzene rings is 1. The van der Waals surface area contributed by atoms with Crippen LogP contribution in [0.3, 0.4) is 0 Å². The molecule has 2 amide bonds. The van der Waals surface area contributed by atoms with Crippen LogP contribution in [0.5, 0.6) is 5.75 Å². The maximum absolute atomic E-state index is 13.1. The minimum atomic E-state index is -0.303. The van der Waals surface area contributed by atoms with Crippen LogP contribution in [0, 0.1) is 11.8 Å². The molecule has 1 aromatic carbocycles. The summed E-state index contributed by atoms with van der Waals surface area (Å²) >= 11 is 0. The third-order valence-electron chi connectivity index (χ3n) is 6.57. The van der Waals surface area contributed by atoms with E-state index in [1.807, 2.05) is 24.3 Å². The van der Waals surface area contributed by atoms with Gasteiger partial charge in [0.2, 0.25) is 5.91 Å². The molecule has 1 aliphatic carbocycles. The van der Waals surface area contributed by atoms with E-state index in [-0.39, 0.29) is 17.9 Å². The van der Waals surface area contributed by atoms with E-state index in [2.05, 4.69) is 24.0 Å². The number of rotatable bonds is 8. The molecule has 1 unspecified atom stereocenters. The Morgan fingerprint density at radius 3 is 2.31 bits per heavy atom. The largest absolute Gasteiger partial charge is 0.494 e. The fraction of sp³-hybridized carbons (Fsp3) is 0.583. The summed E-state index contributed by atoms with van der Waals surface area (Å²) in [6.07, 6.45) is 11.7. The summed E-state index contributed by atoms with van der Waals surface area (Å²) in [5.74, 6) is 1.88. The second-order valence-corrected chi connectivity index (χ2v) is 8.61. The predicted octanol–water partition coefficient (Wildman–Crippen LogP) is 4.18. The minimum absolute atomic E-state index is 0.0742. The van der Waals surface area contributed by atoms with Crippen molar-refractivity contribution in [3.05, 3.63) is 36.4 Å². The maximum atomic E-state index is 13.1. The molecule has 1 aromatic rings. The summed E-state index contributed by atoms with van der Waals surface area (Å²) in [6, 6.07) is 7.07. The Morgan fingerprint density at radius 2 is 1.66 bits per heavy atom. The number of ether oxygens (including phenoxy) is 1. The van der Waals surface area contributed by atoms with E-state index in [1.165, 1.54) is 24.2 Å². The molecular weight excluding hydrogens is 364 g/mol. The van der Waals surface area contributed by atoms with Crippen molar-refractivity contribution in [2.75, 3.05) is 24.6 Å². The van der Waals surface area contributed by atoms with Crippen LogP contribution < -0.4 is 9.64 Å². The van der Waals surface area contributed by atoms with Crippen molar-refractivity contribution in [1.82, 2.24) is 4.90 Å². The zero-order valence-corrected chi connectivity index (χ0v) is 17.4. The van der Waals surface area contributed by atoms with E-state index >= 15 is 0 Å². The van der Waals surface area contributed by atoms with Crippen LogP contribution in [0.15, 0.2) is 36.4 Å². The molecule has 2 saturated heterocycles. The van der Waals surface area contributed by atoms with Crippen molar-refractivity contribution in [2.24, 2.45) is 11.8 Å². The number of fused-ring (bicyclic) bond motifs is 1. The first kappa shape index (κ1) is 20.1. The van der Waals surface area contributed by atoms with Crippen molar-refractivity contribution in [3.8, 4) is 5.75 Å². The van der Waals surface area contributed by atoms with Crippen LogP contribution >= 0.6 is 0 Å². The molecule has 0 N–H and O–H groups in total. The van der Waals surface area contributed by atoms with Crippen LogP contribution in [0.25, 0.3) is 0 Å². The van der Waals surface area contributed by atoms with Gasteiger partial charge in [-0.25, -0.2) is 4.90 Å². The number of anilines is 1. The number of carbonyl (C=O) groups excluding carboxylic acids is 2. The van der Waals surface area contributed by atoms with Crippen LogP contribution in [0.1, 0.15) is 51.9 Å². The number of hydrogen-bond acceptors (Lipinski definition) is 4. The highest BCUT2D eigenvalue weighted by molar-refractivity contribution is 6.22. The zero-order valence-electron chi connectivity index (χ0n) is 17.4. The van der Waals surface area contributed by atoms with Crippen LogP contribution in [-0.4, -0.2) is 42.5 Å². The smallest absolute Gasteiger partial charge is 0.251 e. The number of hydrogen-bond donors (Lipinski definition) is 0. The summed E-state index contributed by atoms with van der Waals surface area (Å²) in [7, 11) is 0. The number of amides is 2. The van der Waals surface area contributed by atoms with Crippen molar-refractivity contribution in [3.63, 3.8) is 0 Å². The van der Waals surface area contributed by atoms with Crippen LogP contribution in [0.2, 0.25) is 0 Å². The molecule has 0 saturated carbocycles. The monoisotopic (exact) mass is 396 g/mol. The molecule has 2 heterocycles. The fourth-order valence-electron chi connectivity index (χ4n) is 4.89. The summed E-state index contributed by atoms with van der Waals surface area (Å²) in [6.45, 7) is 4.75. The molecular formula is C24H32N2O3. The van der Waals surface area contributed by atoms with Gasteiger partial charge in [0.15, 0.2) is 0 Å². The maximum Gasteiger partial charge on any atom is 0.251 e. The van der Waals surface area contributed by atoms with E-state index in [9.17, 15) is 9.59 Å². The third kappa shape index (κ3) is 4.40. The van der Waals surface area contributed by atoms with Gasteiger partial charge in [-0.3, -0.25) is 14.5 Å². The molecule has 0 bridgehead atoms. The van der Waals surface area contributed by atoms with Gasteiger partial charge < -0.3 is 4.74 Å². The van der Waals surface area contributed by atoms with E-state index in [0.29, 0.717) is 30.6 Å². The number of likely N-dealkylation sites (tertiary alicyclic amines) is 1. The zero-order chi connectivity index (χ0) is 20.2. The Bertz CT molecular complexity index is 742. The molecule has 29 heavy (non-hydrogen) atoms. The Balaban J connectivity index is 1.35. The SMILES string of the molecule is CCCCCCOc1ccc(N2C(=O)CC(N3C[C@H]4CC=CC[C@H]4C3)C2=O)cc1. The standard InChI is InChI=1S/C24H32N2O3/c1-2-3-4-7-14-29-21-12-10-20(11-13-21)26-23(27)15-22(24(26)28)25-16-18-8-5-6-9-19(18)17-25/h5-6,10-13,18-19,22H,2-4,7-9,14-17H2,1H3/t18-,19+,22?. The molecule has 3 atom stereocenters. The van der Waals surface area contributed by atoms with Gasteiger partial charge in [-0.05, 0) is 55.4 Å². The molecule has 2 fully saturated rings. The van der Waals surface area contributed by atoms with E-state index in [4.69, 9.17) is 4.74 Å². The number of imide groups is 1. The van der Waals surface area contributed by atoms with E-state index in [0.717, 1.165) is 38.1 Å². The molecule has 0 spiro atoms. The van der Waals surface area contributed by atoms with Crippen molar-refractivity contribution in [1.29, 1.82) is 0 Å². The quantitative estimate of drug-likeness (QED) is 0.376. The average Bonchev–Trinajstić information content (AvgIpc) is 3.29. The first-order valence-electron chi connectivity index (χ1n) is 11.2. The number of nitrogens with zero attached hydrogens (tertiary/aromatic N) is 2. The minimum Gasteiger partial charge on any atom is -0.494 e. The van der Waals surface area contributed by atoms with E-state index < -0.39 is 0 Å². The van der Waals surface area contributed by atoms with Gasteiger partial charge >= 0.3 is 0 Å². The van der Waals surface area contributed by atoms with Gasteiger partial charge in [0, 0.05) is 13.1 Å². The summed E-state index contributed by atoms with van der Waals surface area (Å²) in [4.78, 5) is 29.4.